The minimum atomic E-state index is -0.557. The Kier molecular flexibility index (Phi) is 3.85. The summed E-state index contributed by atoms with van der Waals surface area (Å²) >= 11 is 0. The average Bonchev–Trinajstić information content (AvgIpc) is 2.55. The zero-order valence-electron chi connectivity index (χ0n) is 12.7. The molecule has 7 heteroatoms. The van der Waals surface area contributed by atoms with Gasteiger partial charge in [0.1, 0.15) is 5.52 Å². The van der Waals surface area contributed by atoms with Crippen molar-refractivity contribution in [2.75, 3.05) is 13.1 Å². The maximum absolute atomic E-state index is 12.7. The number of hydrogen-bond acceptors (Lipinski definition) is 5. The van der Waals surface area contributed by atoms with E-state index >= 15 is 0 Å². The van der Waals surface area contributed by atoms with Crippen LogP contribution in [0.2, 0.25) is 0 Å². The van der Waals surface area contributed by atoms with Gasteiger partial charge in [0, 0.05) is 25.4 Å². The summed E-state index contributed by atoms with van der Waals surface area (Å²) in [5.41, 5.74) is -0.201. The van der Waals surface area contributed by atoms with Gasteiger partial charge in [-0.15, -0.1) is 0 Å². The molecule has 1 fully saturated rings. The number of phenolic OH excluding ortho intramolecular Hbond substituents is 1. The second-order valence-corrected chi connectivity index (χ2v) is 5.92. The van der Waals surface area contributed by atoms with Gasteiger partial charge in [-0.05, 0) is 30.9 Å². The maximum atomic E-state index is 12.7. The molecule has 0 atom stereocenters. The number of rotatable bonds is 2. The molecular weight excluding hydrogens is 298 g/mol. The molecule has 1 aliphatic heterocycles. The molecule has 3 rings (SSSR count). The number of pyridine rings is 1. The summed E-state index contributed by atoms with van der Waals surface area (Å²) in [6.45, 7) is 3.31. The number of aromatic nitrogens is 1. The van der Waals surface area contributed by atoms with Crippen LogP contribution in [0.4, 0.5) is 5.69 Å². The Hall–Kier alpha value is -2.70. The van der Waals surface area contributed by atoms with Crippen LogP contribution in [0.1, 0.15) is 30.1 Å². The first-order valence-electron chi connectivity index (χ1n) is 7.53. The number of carbonyl (C=O) groups excluding carboxylic acids is 1. The maximum Gasteiger partial charge on any atom is 0.279 e. The van der Waals surface area contributed by atoms with Gasteiger partial charge in [0.25, 0.3) is 11.6 Å². The molecule has 0 unspecified atom stereocenters. The van der Waals surface area contributed by atoms with Gasteiger partial charge >= 0.3 is 0 Å². The van der Waals surface area contributed by atoms with Crippen LogP contribution >= 0.6 is 0 Å². The van der Waals surface area contributed by atoms with Crippen molar-refractivity contribution >= 4 is 22.5 Å². The largest absolute Gasteiger partial charge is 0.505 e. The van der Waals surface area contributed by atoms with Crippen LogP contribution in [-0.2, 0) is 0 Å². The van der Waals surface area contributed by atoms with E-state index in [0.717, 1.165) is 18.9 Å². The molecule has 0 bridgehead atoms. The Morgan fingerprint density at radius 1 is 1.43 bits per heavy atom. The number of aromatic hydroxyl groups is 1. The van der Waals surface area contributed by atoms with Crippen LogP contribution in [0, 0.1) is 16.0 Å². The lowest BCUT2D eigenvalue weighted by molar-refractivity contribution is -0.383. The van der Waals surface area contributed by atoms with Crippen molar-refractivity contribution in [1.29, 1.82) is 0 Å². The SMILES string of the molecule is CC1CCN(C(=O)c2cc([N+](=O)[O-])c3cccnc3c2O)CC1. The number of benzene rings is 1. The molecule has 2 heterocycles. The molecule has 1 aromatic heterocycles. The third-order valence-electron chi connectivity index (χ3n) is 4.34. The minimum Gasteiger partial charge on any atom is -0.505 e. The first-order valence-corrected chi connectivity index (χ1v) is 7.53. The average molecular weight is 315 g/mol. The van der Waals surface area contributed by atoms with Crippen LogP contribution in [0.3, 0.4) is 0 Å². The second-order valence-electron chi connectivity index (χ2n) is 5.92. The minimum absolute atomic E-state index is 0.0579. The van der Waals surface area contributed by atoms with Crippen molar-refractivity contribution in [2.45, 2.75) is 19.8 Å². The Bertz CT molecular complexity index is 782. The summed E-state index contributed by atoms with van der Waals surface area (Å²) in [5.74, 6) is -0.125. The van der Waals surface area contributed by atoms with Gasteiger partial charge in [0.15, 0.2) is 5.75 Å². The van der Waals surface area contributed by atoms with Crippen LogP contribution in [0.15, 0.2) is 24.4 Å². The van der Waals surface area contributed by atoms with E-state index in [2.05, 4.69) is 11.9 Å². The quantitative estimate of drug-likeness (QED) is 0.679. The smallest absolute Gasteiger partial charge is 0.279 e. The summed E-state index contributed by atoms with van der Waals surface area (Å²) in [4.78, 5) is 29.0. The normalized spacial score (nSPS) is 15.8. The number of piperidine rings is 1. The molecule has 2 aromatic rings. The van der Waals surface area contributed by atoms with E-state index in [1.807, 2.05) is 0 Å². The predicted octanol–water partition coefficient (Wildman–Crippen LogP) is 2.72. The summed E-state index contributed by atoms with van der Waals surface area (Å²) < 4.78 is 0. The Balaban J connectivity index is 2.08. The monoisotopic (exact) mass is 315 g/mol. The number of hydrogen-bond donors (Lipinski definition) is 1. The van der Waals surface area contributed by atoms with Crippen LogP contribution in [0.5, 0.6) is 5.75 Å². The van der Waals surface area contributed by atoms with Crippen molar-refractivity contribution in [1.82, 2.24) is 9.88 Å². The molecule has 0 saturated carbocycles. The number of carbonyl (C=O) groups is 1. The molecule has 0 spiro atoms. The van der Waals surface area contributed by atoms with Gasteiger partial charge in [-0.1, -0.05) is 6.92 Å². The molecule has 0 radical (unpaired) electrons. The topological polar surface area (TPSA) is 96.6 Å². The number of nitrogens with zero attached hydrogens (tertiary/aromatic N) is 3. The fraction of sp³-hybridized carbons (Fsp3) is 0.375. The zero-order valence-corrected chi connectivity index (χ0v) is 12.7. The molecule has 7 nitrogen and oxygen atoms in total. The van der Waals surface area contributed by atoms with Crippen molar-refractivity contribution in [2.24, 2.45) is 5.92 Å². The Morgan fingerprint density at radius 2 is 2.13 bits per heavy atom. The lowest BCUT2D eigenvalue weighted by Crippen LogP contribution is -2.38. The van der Waals surface area contributed by atoms with Gasteiger partial charge < -0.3 is 10.0 Å². The first kappa shape index (κ1) is 15.2. The number of fused-ring (bicyclic) bond motifs is 1. The second kappa shape index (κ2) is 5.83. The number of non-ortho nitro benzene ring substituents is 1. The van der Waals surface area contributed by atoms with Gasteiger partial charge in [0.2, 0.25) is 0 Å². The highest BCUT2D eigenvalue weighted by Crippen LogP contribution is 2.35. The van der Waals surface area contributed by atoms with Gasteiger partial charge in [-0.25, -0.2) is 0 Å². The fourth-order valence-electron chi connectivity index (χ4n) is 2.91. The molecule has 1 aromatic carbocycles. The van der Waals surface area contributed by atoms with E-state index in [0.29, 0.717) is 19.0 Å². The van der Waals surface area contributed by atoms with Crippen molar-refractivity contribution < 1.29 is 14.8 Å². The van der Waals surface area contributed by atoms with Gasteiger partial charge in [-0.2, -0.15) is 0 Å². The summed E-state index contributed by atoms with van der Waals surface area (Å²) in [7, 11) is 0. The fourth-order valence-corrected chi connectivity index (χ4v) is 2.91. The highest BCUT2D eigenvalue weighted by molar-refractivity contribution is 6.05. The van der Waals surface area contributed by atoms with Crippen LogP contribution in [0.25, 0.3) is 10.9 Å². The number of nitro benzene ring substituents is 1. The predicted molar refractivity (Wildman–Crippen MR) is 84.4 cm³/mol. The molecule has 1 saturated heterocycles. The first-order chi connectivity index (χ1) is 11.0. The van der Waals surface area contributed by atoms with E-state index in [-0.39, 0.29) is 33.8 Å². The number of likely N-dealkylation sites (tertiary alicyclic amines) is 1. The molecule has 0 aliphatic carbocycles. The Morgan fingerprint density at radius 3 is 2.78 bits per heavy atom. The lowest BCUT2D eigenvalue weighted by atomic mass is 9.98. The van der Waals surface area contributed by atoms with Crippen molar-refractivity contribution in [3.05, 3.63) is 40.1 Å². The van der Waals surface area contributed by atoms with E-state index in [4.69, 9.17) is 0 Å². The van der Waals surface area contributed by atoms with Crippen molar-refractivity contribution in [3.8, 4) is 5.75 Å². The number of phenols is 1. The van der Waals surface area contributed by atoms with E-state index in [1.165, 1.54) is 12.3 Å². The number of amides is 1. The van der Waals surface area contributed by atoms with Gasteiger partial charge in [-0.3, -0.25) is 19.9 Å². The molecule has 1 aliphatic rings. The molecule has 23 heavy (non-hydrogen) atoms. The molecule has 1 amide bonds. The summed E-state index contributed by atoms with van der Waals surface area (Å²) in [6.07, 6.45) is 3.21. The highest BCUT2D eigenvalue weighted by atomic mass is 16.6. The van der Waals surface area contributed by atoms with Crippen LogP contribution < -0.4 is 0 Å². The van der Waals surface area contributed by atoms with E-state index < -0.39 is 4.92 Å². The lowest BCUT2D eigenvalue weighted by Gasteiger charge is -2.30. The molecular formula is C16H17N3O4. The zero-order chi connectivity index (χ0) is 16.6. The third kappa shape index (κ3) is 2.69. The molecule has 1 N–H and O–H groups in total. The highest BCUT2D eigenvalue weighted by Gasteiger charge is 2.28. The van der Waals surface area contributed by atoms with Crippen LogP contribution in [-0.4, -0.2) is 38.9 Å². The number of nitro groups is 1. The molecule has 120 valence electrons. The Labute approximate surface area is 132 Å². The van der Waals surface area contributed by atoms with Crippen molar-refractivity contribution in [3.63, 3.8) is 0 Å². The third-order valence-corrected chi connectivity index (χ3v) is 4.34. The summed E-state index contributed by atoms with van der Waals surface area (Å²) in [5, 5.41) is 21.9. The van der Waals surface area contributed by atoms with E-state index in [1.54, 1.807) is 11.0 Å². The standard InChI is InChI=1S/C16H17N3O4/c1-10-4-7-18(8-5-10)16(21)12-9-13(19(22)23)11-3-2-6-17-14(11)15(12)20/h2-3,6,9-10,20H,4-5,7-8H2,1H3. The van der Waals surface area contributed by atoms with Gasteiger partial charge in [0.05, 0.1) is 15.9 Å². The van der Waals surface area contributed by atoms with E-state index in [9.17, 15) is 20.0 Å². The summed E-state index contributed by atoms with van der Waals surface area (Å²) in [6, 6.07) is 4.22.